The molecule has 2 nitrogen and oxygen atoms in total. The molecule has 43 heavy (non-hydrogen) atoms. The summed E-state index contributed by atoms with van der Waals surface area (Å²) in [5, 5.41) is 5.00. The van der Waals surface area contributed by atoms with Crippen molar-refractivity contribution in [3.63, 3.8) is 0 Å². The predicted molar refractivity (Wildman–Crippen MR) is 182 cm³/mol. The van der Waals surface area contributed by atoms with Gasteiger partial charge in [0.1, 0.15) is 11.5 Å². The van der Waals surface area contributed by atoms with Gasteiger partial charge in [-0.15, -0.1) is 0 Å². The average molecular weight is 559 g/mol. The van der Waals surface area contributed by atoms with Gasteiger partial charge in [0.25, 0.3) is 6.71 Å². The van der Waals surface area contributed by atoms with E-state index in [1.807, 2.05) is 7.11 Å². The Kier molecular flexibility index (Phi) is 5.48. The molecule has 0 bridgehead atoms. The second kappa shape index (κ2) is 9.00. The van der Waals surface area contributed by atoms with Crippen molar-refractivity contribution in [1.82, 2.24) is 0 Å². The minimum Gasteiger partial charge on any atom is -0.497 e. The first-order valence-electron chi connectivity index (χ1n) is 15.2. The summed E-state index contributed by atoms with van der Waals surface area (Å²) in [6.45, 7) is 9.48. The van der Waals surface area contributed by atoms with Crippen molar-refractivity contribution >= 4 is 44.6 Å². The molecule has 0 amide bonds. The molecule has 0 unspecified atom stereocenters. The second-order valence-corrected chi connectivity index (χ2v) is 13.2. The van der Waals surface area contributed by atoms with E-state index in [4.69, 9.17) is 9.47 Å². The van der Waals surface area contributed by atoms with Crippen LogP contribution in [0.5, 0.6) is 11.5 Å². The van der Waals surface area contributed by atoms with Crippen LogP contribution in [0.4, 0.5) is 0 Å². The number of methoxy groups -OCH3 is 2. The molecule has 0 aliphatic carbocycles. The summed E-state index contributed by atoms with van der Waals surface area (Å²) in [6, 6.07) is 38.0. The van der Waals surface area contributed by atoms with Crippen LogP contribution >= 0.6 is 0 Å². The van der Waals surface area contributed by atoms with Crippen molar-refractivity contribution in [2.24, 2.45) is 0 Å². The molecular weight excluding hydrogens is 523 g/mol. The van der Waals surface area contributed by atoms with Crippen LogP contribution in [0.2, 0.25) is 0 Å². The molecule has 8 rings (SSSR count). The van der Waals surface area contributed by atoms with Crippen LogP contribution in [-0.4, -0.2) is 20.9 Å². The van der Waals surface area contributed by atoms with Crippen molar-refractivity contribution in [2.45, 2.75) is 38.5 Å². The Morgan fingerprint density at radius 3 is 1.60 bits per heavy atom. The lowest BCUT2D eigenvalue weighted by Crippen LogP contribution is -2.66. The van der Waals surface area contributed by atoms with E-state index in [0.29, 0.717) is 0 Å². The molecule has 6 aromatic carbocycles. The molecule has 2 heterocycles. The summed E-state index contributed by atoms with van der Waals surface area (Å²) >= 11 is 0. The fourth-order valence-corrected chi connectivity index (χ4v) is 8.33. The first-order chi connectivity index (χ1) is 20.8. The van der Waals surface area contributed by atoms with Crippen molar-refractivity contribution in [1.29, 1.82) is 0 Å². The molecule has 0 N–H and O–H groups in total. The van der Waals surface area contributed by atoms with Gasteiger partial charge in [0, 0.05) is 10.8 Å². The molecule has 6 aromatic rings. The maximum atomic E-state index is 6.40. The van der Waals surface area contributed by atoms with Crippen molar-refractivity contribution in [2.75, 3.05) is 14.2 Å². The smallest absolute Gasteiger partial charge is 0.252 e. The Morgan fingerprint density at radius 2 is 1.00 bits per heavy atom. The van der Waals surface area contributed by atoms with E-state index in [9.17, 15) is 0 Å². The first kappa shape index (κ1) is 26.2. The van der Waals surface area contributed by atoms with Crippen molar-refractivity contribution in [3.8, 4) is 22.6 Å². The quantitative estimate of drug-likeness (QED) is 0.166. The van der Waals surface area contributed by atoms with Gasteiger partial charge in [-0.1, -0.05) is 118 Å². The van der Waals surface area contributed by atoms with Gasteiger partial charge < -0.3 is 9.47 Å². The van der Waals surface area contributed by atoms with E-state index in [1.165, 1.54) is 71.3 Å². The van der Waals surface area contributed by atoms with Crippen LogP contribution in [0, 0.1) is 0 Å². The normalized spacial score (nSPS) is 15.5. The van der Waals surface area contributed by atoms with E-state index in [0.717, 1.165) is 11.5 Å². The van der Waals surface area contributed by atoms with E-state index in [-0.39, 0.29) is 17.5 Å². The van der Waals surface area contributed by atoms with Crippen LogP contribution in [0.1, 0.15) is 49.9 Å². The van der Waals surface area contributed by atoms with Gasteiger partial charge >= 0.3 is 0 Å². The largest absolute Gasteiger partial charge is 0.497 e. The van der Waals surface area contributed by atoms with Gasteiger partial charge in [-0.2, -0.15) is 0 Å². The minimum absolute atomic E-state index is 0.0154. The molecule has 0 fully saturated rings. The fraction of sp³-hybridized carbons (Fsp3) is 0.200. The molecule has 210 valence electrons. The fourth-order valence-electron chi connectivity index (χ4n) is 8.33. The summed E-state index contributed by atoms with van der Waals surface area (Å²) < 4.78 is 12.5. The third kappa shape index (κ3) is 3.42. The number of hydrogen-bond acceptors (Lipinski definition) is 2. The predicted octanol–water partition coefficient (Wildman–Crippen LogP) is 7.47. The van der Waals surface area contributed by atoms with Gasteiger partial charge in [-0.25, -0.2) is 0 Å². The number of rotatable bonds is 3. The highest BCUT2D eigenvalue weighted by atomic mass is 16.5. The Bertz CT molecular complexity index is 2070. The Morgan fingerprint density at radius 1 is 0.488 bits per heavy atom. The van der Waals surface area contributed by atoms with Crippen LogP contribution in [-0.2, 0) is 10.8 Å². The summed E-state index contributed by atoms with van der Waals surface area (Å²) in [5.41, 5.74) is 11.4. The van der Waals surface area contributed by atoms with Crippen LogP contribution in [0.25, 0.3) is 32.7 Å². The highest BCUT2D eigenvalue weighted by molar-refractivity contribution is 6.98. The topological polar surface area (TPSA) is 18.5 Å². The lowest BCUT2D eigenvalue weighted by atomic mass is 9.27. The molecule has 0 atom stereocenters. The van der Waals surface area contributed by atoms with E-state index >= 15 is 0 Å². The monoisotopic (exact) mass is 558 g/mol. The third-order valence-electron chi connectivity index (χ3n) is 10.4. The standard InChI is InChI=1S/C40H35BO2/c1-39(2)29-17-11-18-30-36(29)41(37-31(39)19-12-20-33(37)42-5)38-32(40(30,3)4)22-26(23-34(38)43-6)35-27-15-9-7-13-24(27)21-25-14-8-10-16-28(25)35/h7-23H,1-6H3. The van der Waals surface area contributed by atoms with Gasteiger partial charge in [0.05, 0.1) is 14.2 Å². The van der Waals surface area contributed by atoms with E-state index in [2.05, 4.69) is 131 Å². The summed E-state index contributed by atoms with van der Waals surface area (Å²) in [4.78, 5) is 0. The second-order valence-electron chi connectivity index (χ2n) is 13.2. The zero-order valence-electron chi connectivity index (χ0n) is 25.7. The number of hydrogen-bond donors (Lipinski definition) is 0. The lowest BCUT2D eigenvalue weighted by Gasteiger charge is -2.47. The molecule has 0 saturated carbocycles. The van der Waals surface area contributed by atoms with Crippen LogP contribution in [0.3, 0.4) is 0 Å². The molecule has 0 radical (unpaired) electrons. The number of benzene rings is 6. The molecule has 0 saturated heterocycles. The Labute approximate surface area is 254 Å². The van der Waals surface area contributed by atoms with Crippen molar-refractivity contribution < 1.29 is 9.47 Å². The average Bonchev–Trinajstić information content (AvgIpc) is 3.02. The minimum atomic E-state index is -0.240. The molecule has 3 heteroatoms. The first-order valence-corrected chi connectivity index (χ1v) is 15.2. The third-order valence-corrected chi connectivity index (χ3v) is 10.4. The summed E-state index contributed by atoms with van der Waals surface area (Å²) in [5.74, 6) is 1.87. The SMILES string of the molecule is COc1cccc2c1B1c3c(OC)cc(-c4c5ccccc5cc5ccccc45)cc3C(C)(C)c3cccc(c31)C2(C)C. The lowest BCUT2D eigenvalue weighted by molar-refractivity contribution is 0.415. The molecule has 2 aliphatic rings. The van der Waals surface area contributed by atoms with Gasteiger partial charge in [0.15, 0.2) is 0 Å². The van der Waals surface area contributed by atoms with Crippen molar-refractivity contribution in [3.05, 3.63) is 125 Å². The van der Waals surface area contributed by atoms with Gasteiger partial charge in [-0.05, 0) is 84.1 Å². The Balaban J connectivity index is 1.51. The Hall–Kier alpha value is -4.50. The molecule has 0 aromatic heterocycles. The van der Waals surface area contributed by atoms with E-state index < -0.39 is 0 Å². The van der Waals surface area contributed by atoms with Crippen LogP contribution < -0.4 is 25.9 Å². The maximum Gasteiger partial charge on any atom is 0.252 e. The van der Waals surface area contributed by atoms with E-state index in [1.54, 1.807) is 7.11 Å². The van der Waals surface area contributed by atoms with Gasteiger partial charge in [0.2, 0.25) is 0 Å². The number of fused-ring (bicyclic) bond motifs is 6. The molecule has 2 aliphatic heterocycles. The highest BCUT2D eigenvalue weighted by Crippen LogP contribution is 2.45. The number of ether oxygens (including phenoxy) is 2. The highest BCUT2D eigenvalue weighted by Gasteiger charge is 2.50. The summed E-state index contributed by atoms with van der Waals surface area (Å²) in [6.07, 6.45) is 0. The molecular formula is C40H35BO2. The summed E-state index contributed by atoms with van der Waals surface area (Å²) in [7, 11) is 3.62. The zero-order valence-corrected chi connectivity index (χ0v) is 25.7. The zero-order chi connectivity index (χ0) is 29.7. The molecule has 0 spiro atoms. The van der Waals surface area contributed by atoms with Crippen LogP contribution in [0.15, 0.2) is 103 Å². The maximum absolute atomic E-state index is 6.40. The van der Waals surface area contributed by atoms with Gasteiger partial charge in [-0.3, -0.25) is 0 Å².